The fraction of sp³-hybridized carbons (Fsp3) is 0.333. The summed E-state index contributed by atoms with van der Waals surface area (Å²) in [6, 6.07) is 12.1. The smallest absolute Gasteiger partial charge is 0.268 e. The number of carbonyl (C=O) groups is 2. The lowest BCUT2D eigenvalue weighted by Crippen LogP contribution is -2.32. The van der Waals surface area contributed by atoms with E-state index in [9.17, 15) is 18.0 Å². The maximum Gasteiger partial charge on any atom is 0.268 e. The molecule has 0 saturated carbocycles. The molecule has 0 aliphatic carbocycles. The molecule has 0 aromatic heterocycles. The summed E-state index contributed by atoms with van der Waals surface area (Å²) in [5.74, 6) is -0.702. The number of rotatable bonds is 6. The zero-order chi connectivity index (χ0) is 22.9. The molecule has 7 heteroatoms. The number of nitrogens with zero attached hydrogens (tertiary/aromatic N) is 1. The number of hydrogen-bond acceptors (Lipinski definition) is 4. The molecule has 1 aliphatic heterocycles. The van der Waals surface area contributed by atoms with Crippen LogP contribution in [0.2, 0.25) is 0 Å². The van der Waals surface area contributed by atoms with Gasteiger partial charge in [0, 0.05) is 17.2 Å². The minimum Gasteiger partial charge on any atom is -0.350 e. The van der Waals surface area contributed by atoms with E-state index < -0.39 is 15.9 Å². The summed E-state index contributed by atoms with van der Waals surface area (Å²) in [6.45, 7) is 9.25. The van der Waals surface area contributed by atoms with Crippen LogP contribution in [0.5, 0.6) is 0 Å². The summed E-state index contributed by atoms with van der Waals surface area (Å²) in [4.78, 5) is 25.1. The number of nitrogens with one attached hydrogen (secondary N) is 1. The fourth-order valence-electron chi connectivity index (χ4n) is 3.44. The Bertz CT molecular complexity index is 1160. The molecule has 164 valence electrons. The first-order valence-electron chi connectivity index (χ1n) is 10.3. The van der Waals surface area contributed by atoms with Crippen LogP contribution in [-0.4, -0.2) is 30.6 Å². The topological polar surface area (TPSA) is 83.6 Å². The lowest BCUT2D eigenvalue weighted by molar-refractivity contribution is -0.122. The molecular weight excluding hydrogens is 412 g/mol. The Morgan fingerprint density at radius 1 is 1.03 bits per heavy atom. The third-order valence-corrected chi connectivity index (χ3v) is 7.67. The maximum atomic E-state index is 13.2. The minimum absolute atomic E-state index is 0.0603. The van der Waals surface area contributed by atoms with E-state index in [1.54, 1.807) is 43.3 Å². The number of aryl methyl sites for hydroxylation is 2. The Labute approximate surface area is 184 Å². The van der Waals surface area contributed by atoms with Gasteiger partial charge in [-0.05, 0) is 68.5 Å². The second-order valence-electron chi connectivity index (χ2n) is 8.05. The van der Waals surface area contributed by atoms with Gasteiger partial charge in [0.25, 0.3) is 21.8 Å². The van der Waals surface area contributed by atoms with Gasteiger partial charge in [0.2, 0.25) is 0 Å². The third kappa shape index (κ3) is 4.42. The molecule has 1 heterocycles. The number of hydrogen-bond donors (Lipinski definition) is 1. The summed E-state index contributed by atoms with van der Waals surface area (Å²) in [5.41, 5.74) is 3.88. The molecular formula is C24H28N2O4S. The van der Waals surface area contributed by atoms with Gasteiger partial charge in [-0.1, -0.05) is 37.3 Å². The minimum atomic E-state index is -3.97. The molecule has 0 radical (unpaired) electrons. The zero-order valence-electron chi connectivity index (χ0n) is 18.5. The molecule has 1 N–H and O–H groups in total. The number of benzene rings is 2. The molecule has 0 saturated heterocycles. The van der Waals surface area contributed by atoms with Crippen molar-refractivity contribution in [1.82, 2.24) is 9.62 Å². The number of amides is 2. The molecule has 1 aliphatic rings. The Morgan fingerprint density at radius 2 is 1.68 bits per heavy atom. The van der Waals surface area contributed by atoms with Crippen LogP contribution in [0.3, 0.4) is 0 Å². The van der Waals surface area contributed by atoms with Crippen molar-refractivity contribution in [3.63, 3.8) is 0 Å². The van der Waals surface area contributed by atoms with Crippen LogP contribution in [-0.2, 0) is 21.4 Å². The molecule has 0 spiro atoms. The fourth-order valence-corrected chi connectivity index (χ4v) is 5.23. The molecule has 31 heavy (non-hydrogen) atoms. The molecule has 0 fully saturated rings. The highest BCUT2D eigenvalue weighted by atomic mass is 32.2. The molecule has 1 unspecified atom stereocenters. The van der Waals surface area contributed by atoms with Crippen LogP contribution >= 0.6 is 0 Å². The summed E-state index contributed by atoms with van der Waals surface area (Å²) in [6.07, 6.45) is 0.827. The monoisotopic (exact) mass is 440 g/mol. The standard InChI is InChI=1S/C24H28N2O4S/c1-6-17(4)25-23(27)20-11-8-19(9-12-20)14-26-24(28)18(5)22(31(26,29)30)21-10-7-15(2)16(3)13-21/h7-13,17H,6,14H2,1-5H3,(H,25,27). The predicted octanol–water partition coefficient (Wildman–Crippen LogP) is 3.93. The van der Waals surface area contributed by atoms with Crippen LogP contribution in [0.1, 0.15) is 59.8 Å². The highest BCUT2D eigenvalue weighted by Crippen LogP contribution is 2.37. The van der Waals surface area contributed by atoms with E-state index in [1.165, 1.54) is 0 Å². The van der Waals surface area contributed by atoms with Crippen LogP contribution in [0.15, 0.2) is 48.0 Å². The SMILES string of the molecule is CCC(C)NC(=O)c1ccc(CN2C(=O)C(C)=C(c3ccc(C)c(C)c3)S2(=O)=O)cc1. The Morgan fingerprint density at radius 3 is 2.26 bits per heavy atom. The summed E-state index contributed by atoms with van der Waals surface area (Å²) < 4.78 is 27.4. The van der Waals surface area contributed by atoms with Crippen LogP contribution in [0.25, 0.3) is 4.91 Å². The van der Waals surface area contributed by atoms with E-state index >= 15 is 0 Å². The quantitative estimate of drug-likeness (QED) is 0.738. The van der Waals surface area contributed by atoms with Gasteiger partial charge in [-0.15, -0.1) is 0 Å². The van der Waals surface area contributed by atoms with Crippen molar-refractivity contribution < 1.29 is 18.0 Å². The maximum absolute atomic E-state index is 13.2. The van der Waals surface area contributed by atoms with Crippen LogP contribution in [0.4, 0.5) is 0 Å². The average Bonchev–Trinajstić information content (AvgIpc) is 2.89. The van der Waals surface area contributed by atoms with Crippen LogP contribution < -0.4 is 5.32 Å². The van der Waals surface area contributed by atoms with E-state index in [0.29, 0.717) is 16.7 Å². The van der Waals surface area contributed by atoms with Gasteiger partial charge in [-0.3, -0.25) is 9.59 Å². The molecule has 0 bridgehead atoms. The first-order valence-corrected chi connectivity index (χ1v) is 11.8. The molecule has 3 rings (SSSR count). The number of carbonyl (C=O) groups excluding carboxylic acids is 2. The van der Waals surface area contributed by atoms with Crippen molar-refractivity contribution in [2.24, 2.45) is 0 Å². The Balaban J connectivity index is 1.84. The van der Waals surface area contributed by atoms with Crippen LogP contribution in [0, 0.1) is 13.8 Å². The summed E-state index contributed by atoms with van der Waals surface area (Å²) in [7, 11) is -3.97. The molecule has 2 aromatic carbocycles. The normalized spacial score (nSPS) is 16.5. The van der Waals surface area contributed by atoms with Gasteiger partial charge in [0.05, 0.1) is 6.54 Å². The van der Waals surface area contributed by atoms with Gasteiger partial charge in [0.1, 0.15) is 4.91 Å². The predicted molar refractivity (Wildman–Crippen MR) is 122 cm³/mol. The first-order chi connectivity index (χ1) is 14.6. The van der Waals surface area contributed by atoms with Crippen molar-refractivity contribution in [3.05, 3.63) is 75.9 Å². The zero-order valence-corrected chi connectivity index (χ0v) is 19.3. The average molecular weight is 441 g/mol. The molecule has 2 amide bonds. The van der Waals surface area contributed by atoms with Gasteiger partial charge < -0.3 is 5.32 Å². The lowest BCUT2D eigenvalue weighted by Gasteiger charge is -2.17. The highest BCUT2D eigenvalue weighted by Gasteiger charge is 2.42. The largest absolute Gasteiger partial charge is 0.350 e. The van der Waals surface area contributed by atoms with E-state index in [4.69, 9.17) is 0 Å². The molecule has 6 nitrogen and oxygen atoms in total. The van der Waals surface area contributed by atoms with Gasteiger partial charge in [0.15, 0.2) is 0 Å². The molecule has 2 aromatic rings. The van der Waals surface area contributed by atoms with Gasteiger partial charge >= 0.3 is 0 Å². The Kier molecular flexibility index (Phi) is 6.36. The third-order valence-electron chi connectivity index (χ3n) is 5.74. The summed E-state index contributed by atoms with van der Waals surface area (Å²) >= 11 is 0. The number of sulfonamides is 1. The second-order valence-corrected chi connectivity index (χ2v) is 9.85. The highest BCUT2D eigenvalue weighted by molar-refractivity contribution is 7.99. The van der Waals surface area contributed by atoms with E-state index in [2.05, 4.69) is 5.32 Å². The van der Waals surface area contributed by atoms with E-state index in [0.717, 1.165) is 21.9 Å². The van der Waals surface area contributed by atoms with Crippen molar-refractivity contribution in [3.8, 4) is 0 Å². The Hall–Kier alpha value is -2.93. The van der Waals surface area contributed by atoms with Crippen molar-refractivity contribution in [2.45, 2.75) is 53.6 Å². The van der Waals surface area contributed by atoms with Crippen molar-refractivity contribution >= 4 is 26.7 Å². The van der Waals surface area contributed by atoms with Gasteiger partial charge in [-0.25, -0.2) is 12.7 Å². The lowest BCUT2D eigenvalue weighted by atomic mass is 10.0. The second kappa shape index (κ2) is 8.67. The van der Waals surface area contributed by atoms with Crippen molar-refractivity contribution in [1.29, 1.82) is 0 Å². The first kappa shape index (κ1) is 22.7. The van der Waals surface area contributed by atoms with Crippen molar-refractivity contribution in [2.75, 3.05) is 0 Å². The van der Waals surface area contributed by atoms with Gasteiger partial charge in [-0.2, -0.15) is 0 Å². The van der Waals surface area contributed by atoms with E-state index in [1.807, 2.05) is 33.8 Å². The van der Waals surface area contributed by atoms with E-state index in [-0.39, 0.29) is 29.0 Å². The summed E-state index contributed by atoms with van der Waals surface area (Å²) in [5, 5.41) is 2.89. The molecule has 1 atom stereocenters.